The van der Waals surface area contributed by atoms with Crippen molar-refractivity contribution in [1.29, 1.82) is 0 Å². The first-order valence-corrected chi connectivity index (χ1v) is 7.24. The Morgan fingerprint density at radius 2 is 1.66 bits per heavy atom. The molecule has 19 nitrogen and oxygen atoms in total. The van der Waals surface area contributed by atoms with Crippen LogP contribution in [-0.4, -0.2) is 61.5 Å². The first-order valence-electron chi connectivity index (χ1n) is 7.24. The topological polar surface area (TPSA) is 270 Å². The molecule has 1 aromatic heterocycles. The van der Waals surface area contributed by atoms with Crippen molar-refractivity contribution in [2.75, 3.05) is 6.61 Å². The molecule has 2 amide bonds. The summed E-state index contributed by atoms with van der Waals surface area (Å²) in [5, 5.41) is 28.1. The first-order chi connectivity index (χ1) is 13.5. The summed E-state index contributed by atoms with van der Waals surface area (Å²) in [4.78, 5) is 71.4. The average molecular weight is 421 g/mol. The predicted octanol–water partition coefficient (Wildman–Crippen LogP) is -2.66. The maximum Gasteiger partial charge on any atom is 0.295 e. The minimum absolute atomic E-state index is 0.627. The van der Waals surface area contributed by atoms with Gasteiger partial charge < -0.3 is 30.7 Å². The van der Waals surface area contributed by atoms with Crippen LogP contribution in [0.3, 0.4) is 0 Å². The summed E-state index contributed by atoms with van der Waals surface area (Å²) in [6.45, 7) is -0.955. The zero-order valence-corrected chi connectivity index (χ0v) is 13.9. The van der Waals surface area contributed by atoms with Crippen molar-refractivity contribution in [1.82, 2.24) is 9.55 Å². The number of carbonyl (C=O) groups excluding carboxylic acids is 2. The number of aromatic nitrogens is 2. The number of carbonyl (C=O) groups is 2. The Morgan fingerprint density at radius 1 is 1.07 bits per heavy atom. The van der Waals surface area contributed by atoms with Crippen molar-refractivity contribution in [2.45, 2.75) is 24.5 Å². The van der Waals surface area contributed by atoms with E-state index in [1.54, 1.807) is 0 Å². The van der Waals surface area contributed by atoms with Crippen LogP contribution in [0.2, 0.25) is 0 Å². The molecule has 29 heavy (non-hydrogen) atoms. The van der Waals surface area contributed by atoms with E-state index in [0.29, 0.717) is 4.57 Å². The van der Waals surface area contributed by atoms with Crippen LogP contribution in [-0.2, 0) is 19.2 Å². The molecule has 0 radical (unpaired) electrons. The number of hydrogen-bond acceptors (Lipinski definition) is 13. The molecule has 158 valence electrons. The summed E-state index contributed by atoms with van der Waals surface area (Å²) < 4.78 is 5.98. The fourth-order valence-corrected chi connectivity index (χ4v) is 2.62. The smallest absolute Gasteiger partial charge is 0.295 e. The number of primary amides is 2. The molecule has 19 heteroatoms. The number of imidazole rings is 1. The molecule has 1 aliphatic heterocycles. The summed E-state index contributed by atoms with van der Waals surface area (Å²) in [6, 6.07) is 0. The van der Waals surface area contributed by atoms with Gasteiger partial charge in [-0.3, -0.25) is 14.2 Å². The van der Waals surface area contributed by atoms with Crippen molar-refractivity contribution in [3.8, 4) is 0 Å². The molecule has 4 N–H and O–H groups in total. The van der Waals surface area contributed by atoms with Crippen LogP contribution in [0.15, 0.2) is 6.33 Å². The second kappa shape index (κ2) is 8.16. The molecule has 2 rings (SSSR count). The van der Waals surface area contributed by atoms with E-state index < -0.39 is 69.6 Å². The highest BCUT2D eigenvalue weighted by atomic mass is 17.0. The Kier molecular flexibility index (Phi) is 5.91. The standard InChI is InChI=1S/C10H11N7O12/c11-8(18)4-5(9(12)19)14(2-13-4)10-7(29-17(24)25)6(28-16(22)23)3(27-10)1-26-15(20)21/h2-3,6-7,10H,1H2,(H2,11,18)(H2,12,19)/t3-,6-,7-,10-/m1/s1. The van der Waals surface area contributed by atoms with Gasteiger partial charge in [-0.25, -0.2) is 4.98 Å². The molecular weight excluding hydrogens is 410 g/mol. The lowest BCUT2D eigenvalue weighted by Crippen LogP contribution is -2.41. The minimum atomic E-state index is -1.95. The zero-order chi connectivity index (χ0) is 21.9. The normalized spacial score (nSPS) is 23.2. The molecule has 0 bridgehead atoms. The molecule has 1 aliphatic rings. The number of ether oxygens (including phenoxy) is 1. The number of amides is 2. The van der Waals surface area contributed by atoms with Crippen molar-refractivity contribution >= 4 is 11.8 Å². The highest BCUT2D eigenvalue weighted by Gasteiger charge is 2.52. The largest absolute Gasteiger partial charge is 0.364 e. The van der Waals surface area contributed by atoms with Crippen molar-refractivity contribution in [3.05, 3.63) is 48.1 Å². The lowest BCUT2D eigenvalue weighted by Gasteiger charge is -2.21. The summed E-state index contributed by atoms with van der Waals surface area (Å²) >= 11 is 0. The van der Waals surface area contributed by atoms with Crippen LogP contribution < -0.4 is 11.5 Å². The highest BCUT2D eigenvalue weighted by molar-refractivity contribution is 6.03. The van der Waals surface area contributed by atoms with Gasteiger partial charge in [0.05, 0.1) is 6.33 Å². The number of rotatable bonds is 10. The van der Waals surface area contributed by atoms with Gasteiger partial charge in [-0.1, -0.05) is 0 Å². The summed E-state index contributed by atoms with van der Waals surface area (Å²) in [5.41, 5.74) is 8.95. The van der Waals surface area contributed by atoms with Crippen molar-refractivity contribution < 1.29 is 44.1 Å². The van der Waals surface area contributed by atoms with Gasteiger partial charge in [-0.05, 0) is 0 Å². The quantitative estimate of drug-likeness (QED) is 0.288. The van der Waals surface area contributed by atoms with Crippen LogP contribution in [0, 0.1) is 30.3 Å². The van der Waals surface area contributed by atoms with E-state index >= 15 is 0 Å². The van der Waals surface area contributed by atoms with Gasteiger partial charge in [0.1, 0.15) is 18.4 Å². The molecule has 0 unspecified atom stereocenters. The van der Waals surface area contributed by atoms with Crippen LogP contribution >= 0.6 is 0 Å². The number of nitrogens with two attached hydrogens (primary N) is 2. The van der Waals surface area contributed by atoms with E-state index in [2.05, 4.69) is 19.5 Å². The Bertz CT molecular complexity index is 854. The Balaban J connectivity index is 2.51. The van der Waals surface area contributed by atoms with Gasteiger partial charge in [0.15, 0.2) is 24.1 Å². The third kappa shape index (κ3) is 4.52. The lowest BCUT2D eigenvalue weighted by molar-refractivity contribution is -0.799. The van der Waals surface area contributed by atoms with E-state index in [9.17, 15) is 39.9 Å². The minimum Gasteiger partial charge on any atom is -0.364 e. The Labute approximate surface area is 157 Å². The van der Waals surface area contributed by atoms with Crippen LogP contribution in [0.1, 0.15) is 27.2 Å². The molecule has 0 aliphatic carbocycles. The monoisotopic (exact) mass is 421 g/mol. The summed E-state index contributed by atoms with van der Waals surface area (Å²) in [5.74, 6) is -2.44. The zero-order valence-electron chi connectivity index (χ0n) is 13.9. The molecule has 2 heterocycles. The van der Waals surface area contributed by atoms with Gasteiger partial charge in [0.2, 0.25) is 0 Å². The van der Waals surface area contributed by atoms with Gasteiger partial charge in [0, 0.05) is 0 Å². The van der Waals surface area contributed by atoms with E-state index in [0.717, 1.165) is 6.33 Å². The molecule has 1 fully saturated rings. The molecule has 4 atom stereocenters. The van der Waals surface area contributed by atoms with Crippen LogP contribution in [0.5, 0.6) is 0 Å². The third-order valence-corrected chi connectivity index (χ3v) is 3.58. The molecular formula is C10H11N7O12. The second-order valence-electron chi connectivity index (χ2n) is 5.25. The number of hydrogen-bond donors (Lipinski definition) is 2. The maximum atomic E-state index is 11.7. The van der Waals surface area contributed by atoms with Crippen LogP contribution in [0.25, 0.3) is 0 Å². The molecule has 1 aromatic rings. The Morgan fingerprint density at radius 3 is 2.14 bits per heavy atom. The van der Waals surface area contributed by atoms with Gasteiger partial charge in [0.25, 0.3) is 27.1 Å². The molecule has 0 aromatic carbocycles. The molecule has 0 spiro atoms. The van der Waals surface area contributed by atoms with E-state index in [1.165, 1.54) is 0 Å². The number of nitrogens with zero attached hydrogens (tertiary/aromatic N) is 5. The third-order valence-electron chi connectivity index (χ3n) is 3.58. The van der Waals surface area contributed by atoms with E-state index in [-0.39, 0.29) is 0 Å². The second-order valence-corrected chi connectivity index (χ2v) is 5.25. The fourth-order valence-electron chi connectivity index (χ4n) is 2.62. The van der Waals surface area contributed by atoms with Gasteiger partial charge in [-0.15, -0.1) is 30.3 Å². The molecule has 0 saturated carbocycles. The average Bonchev–Trinajstić information content (AvgIpc) is 3.15. The van der Waals surface area contributed by atoms with E-state index in [1.807, 2.05) is 0 Å². The van der Waals surface area contributed by atoms with E-state index in [4.69, 9.17) is 16.2 Å². The SMILES string of the molecule is NC(=O)c1ncn([C@@H]2O[C@H](CO[N+](=O)[O-])[C@@H](O[N+](=O)[O-])[C@H]2O[N+](=O)[O-])c1C(N)=O. The van der Waals surface area contributed by atoms with Gasteiger partial charge >= 0.3 is 0 Å². The lowest BCUT2D eigenvalue weighted by atomic mass is 10.1. The van der Waals surface area contributed by atoms with Crippen molar-refractivity contribution in [2.24, 2.45) is 11.5 Å². The summed E-state index contributed by atoms with van der Waals surface area (Å²) in [6.07, 6.45) is -6.51. The van der Waals surface area contributed by atoms with Crippen molar-refractivity contribution in [3.63, 3.8) is 0 Å². The maximum absolute atomic E-state index is 11.7. The molecule has 1 saturated heterocycles. The first kappa shape index (κ1) is 21.0. The van der Waals surface area contributed by atoms with Gasteiger partial charge in [-0.2, -0.15) is 0 Å². The fraction of sp³-hybridized carbons (Fsp3) is 0.500. The highest BCUT2D eigenvalue weighted by Crippen LogP contribution is 2.35. The Hall–Kier alpha value is -4.29. The summed E-state index contributed by atoms with van der Waals surface area (Å²) in [7, 11) is 0. The van der Waals surface area contributed by atoms with Crippen LogP contribution in [0.4, 0.5) is 0 Å². The predicted molar refractivity (Wildman–Crippen MR) is 79.9 cm³/mol.